The van der Waals surface area contributed by atoms with Gasteiger partial charge in [0.25, 0.3) is 0 Å². The lowest BCUT2D eigenvalue weighted by Gasteiger charge is -2.15. The normalized spacial score (nSPS) is 13.6. The Morgan fingerprint density at radius 3 is 2.62 bits per heavy atom. The molecule has 0 bridgehead atoms. The van der Waals surface area contributed by atoms with Gasteiger partial charge in [0.15, 0.2) is 11.0 Å². The Kier molecular flexibility index (Phi) is 6.02. The molecule has 8 heteroatoms. The summed E-state index contributed by atoms with van der Waals surface area (Å²) in [6.07, 6.45) is 3.93. The Bertz CT molecular complexity index is 1220. The van der Waals surface area contributed by atoms with Crippen LogP contribution in [0.1, 0.15) is 18.7 Å². The monoisotopic (exact) mass is 445 g/mol. The van der Waals surface area contributed by atoms with Gasteiger partial charge in [-0.3, -0.25) is 14.3 Å². The highest BCUT2D eigenvalue weighted by Gasteiger charge is 2.21. The number of fused-ring (bicyclic) bond motifs is 1. The van der Waals surface area contributed by atoms with E-state index in [4.69, 9.17) is 4.74 Å². The fourth-order valence-corrected chi connectivity index (χ4v) is 4.72. The predicted molar refractivity (Wildman–Crippen MR) is 124 cm³/mol. The maximum atomic E-state index is 12.5. The number of aromatic nitrogens is 4. The van der Waals surface area contributed by atoms with Crippen LogP contribution in [-0.2, 0) is 11.4 Å². The van der Waals surface area contributed by atoms with Crippen LogP contribution in [0.2, 0.25) is 0 Å². The maximum Gasteiger partial charge on any atom is 0.233 e. The molecule has 0 atom stereocenters. The molecule has 0 unspecified atom stereocenters. The highest BCUT2D eigenvalue weighted by Crippen LogP contribution is 2.26. The fourth-order valence-electron chi connectivity index (χ4n) is 3.84. The van der Waals surface area contributed by atoms with Crippen LogP contribution in [0.15, 0.2) is 72.0 Å². The van der Waals surface area contributed by atoms with Crippen LogP contribution >= 0.6 is 11.8 Å². The number of thioether (sulfide) groups is 1. The van der Waals surface area contributed by atoms with Crippen molar-refractivity contribution in [3.05, 3.63) is 72.7 Å². The largest absolute Gasteiger partial charge is 0.483 e. The molecule has 3 heterocycles. The number of carbonyl (C=O) groups excluding carboxylic acids is 1. The summed E-state index contributed by atoms with van der Waals surface area (Å²) in [6.45, 7) is 1.93. The van der Waals surface area contributed by atoms with Gasteiger partial charge < -0.3 is 9.64 Å². The average Bonchev–Trinajstić information content (AvgIpc) is 3.52. The average molecular weight is 446 g/mol. The maximum absolute atomic E-state index is 12.5. The first-order valence-corrected chi connectivity index (χ1v) is 11.6. The number of nitrogens with zero attached hydrogens (tertiary/aromatic N) is 5. The molecular weight excluding hydrogens is 422 g/mol. The summed E-state index contributed by atoms with van der Waals surface area (Å²) < 4.78 is 8.08. The van der Waals surface area contributed by atoms with E-state index in [1.54, 1.807) is 6.20 Å². The van der Waals surface area contributed by atoms with E-state index in [1.165, 1.54) is 11.8 Å². The highest BCUT2D eigenvalue weighted by atomic mass is 32.2. The SMILES string of the molecule is O=C(CSc1nnc(COc2cccc3cccnc23)n1-c1ccccc1)N1CCCC1. The smallest absolute Gasteiger partial charge is 0.233 e. The van der Waals surface area contributed by atoms with Gasteiger partial charge in [0, 0.05) is 30.4 Å². The summed E-state index contributed by atoms with van der Waals surface area (Å²) in [5.41, 5.74) is 1.75. The van der Waals surface area contributed by atoms with E-state index in [9.17, 15) is 4.79 Å². The van der Waals surface area contributed by atoms with Gasteiger partial charge in [-0.25, -0.2) is 0 Å². The Balaban J connectivity index is 1.38. The quantitative estimate of drug-likeness (QED) is 0.399. The summed E-state index contributed by atoms with van der Waals surface area (Å²) in [4.78, 5) is 18.9. The van der Waals surface area contributed by atoms with E-state index < -0.39 is 0 Å². The third-order valence-electron chi connectivity index (χ3n) is 5.45. The summed E-state index contributed by atoms with van der Waals surface area (Å²) in [7, 11) is 0. The van der Waals surface area contributed by atoms with Crippen molar-refractivity contribution >= 4 is 28.6 Å². The standard InChI is InChI=1S/C24H23N5O2S/c30-22(28-14-4-5-15-28)17-32-24-27-26-21(29(24)19-10-2-1-3-11-19)16-31-20-12-6-8-18-9-7-13-25-23(18)20/h1-3,6-13H,4-5,14-17H2. The highest BCUT2D eigenvalue weighted by molar-refractivity contribution is 7.99. The number of carbonyl (C=O) groups is 1. The van der Waals surface area contributed by atoms with E-state index in [1.807, 2.05) is 70.1 Å². The van der Waals surface area contributed by atoms with Crippen molar-refractivity contribution in [2.75, 3.05) is 18.8 Å². The molecule has 4 aromatic rings. The van der Waals surface area contributed by atoms with Crippen LogP contribution in [0.25, 0.3) is 16.6 Å². The van der Waals surface area contributed by atoms with Gasteiger partial charge in [-0.2, -0.15) is 0 Å². The molecule has 0 N–H and O–H groups in total. The molecular formula is C24H23N5O2S. The minimum absolute atomic E-state index is 0.148. The Morgan fingerprint density at radius 1 is 0.969 bits per heavy atom. The number of benzene rings is 2. The van der Waals surface area contributed by atoms with Crippen molar-refractivity contribution in [2.24, 2.45) is 0 Å². The lowest BCUT2D eigenvalue weighted by atomic mass is 10.2. The molecule has 2 aromatic heterocycles. The second kappa shape index (κ2) is 9.40. The molecule has 5 rings (SSSR count). The summed E-state index contributed by atoms with van der Waals surface area (Å²) in [6, 6.07) is 19.7. The number of hydrogen-bond donors (Lipinski definition) is 0. The Labute approximate surface area is 190 Å². The van der Waals surface area contributed by atoms with Gasteiger partial charge in [-0.1, -0.05) is 48.2 Å². The van der Waals surface area contributed by atoms with E-state index in [-0.39, 0.29) is 12.5 Å². The third-order valence-corrected chi connectivity index (χ3v) is 6.36. The number of para-hydroxylation sites is 2. The predicted octanol–water partition coefficient (Wildman–Crippen LogP) is 4.11. The number of likely N-dealkylation sites (tertiary alicyclic amines) is 1. The van der Waals surface area contributed by atoms with E-state index in [0.29, 0.717) is 22.5 Å². The van der Waals surface area contributed by atoms with Crippen LogP contribution in [-0.4, -0.2) is 49.4 Å². The molecule has 0 aliphatic carbocycles. The molecule has 0 spiro atoms. The zero-order chi connectivity index (χ0) is 21.8. The zero-order valence-electron chi connectivity index (χ0n) is 17.6. The molecule has 0 saturated carbocycles. The lowest BCUT2D eigenvalue weighted by molar-refractivity contribution is -0.127. The summed E-state index contributed by atoms with van der Waals surface area (Å²) in [5, 5.41) is 10.5. The first kappa shape index (κ1) is 20.5. The van der Waals surface area contributed by atoms with Gasteiger partial charge in [-0.05, 0) is 37.1 Å². The lowest BCUT2D eigenvalue weighted by Crippen LogP contribution is -2.29. The van der Waals surface area contributed by atoms with Gasteiger partial charge in [0.05, 0.1) is 5.75 Å². The first-order valence-electron chi connectivity index (χ1n) is 10.7. The van der Waals surface area contributed by atoms with Crippen molar-refractivity contribution in [3.8, 4) is 11.4 Å². The molecule has 1 saturated heterocycles. The number of pyridine rings is 1. The molecule has 162 valence electrons. The zero-order valence-corrected chi connectivity index (χ0v) is 18.4. The Morgan fingerprint density at radius 2 is 1.78 bits per heavy atom. The minimum atomic E-state index is 0.148. The molecule has 2 aromatic carbocycles. The van der Waals surface area contributed by atoms with E-state index in [2.05, 4.69) is 15.2 Å². The second-order valence-corrected chi connectivity index (χ2v) is 8.51. The van der Waals surface area contributed by atoms with Gasteiger partial charge in [-0.15, -0.1) is 10.2 Å². The van der Waals surface area contributed by atoms with Crippen molar-refractivity contribution in [1.29, 1.82) is 0 Å². The Hall–Kier alpha value is -3.39. The van der Waals surface area contributed by atoms with Crippen LogP contribution in [0.4, 0.5) is 0 Å². The molecule has 7 nitrogen and oxygen atoms in total. The third kappa shape index (κ3) is 4.31. The molecule has 0 radical (unpaired) electrons. The number of amides is 1. The molecule has 1 fully saturated rings. The van der Waals surface area contributed by atoms with Crippen molar-refractivity contribution in [1.82, 2.24) is 24.6 Å². The fraction of sp³-hybridized carbons (Fsp3) is 0.250. The van der Waals surface area contributed by atoms with Crippen molar-refractivity contribution in [2.45, 2.75) is 24.6 Å². The topological polar surface area (TPSA) is 73.1 Å². The van der Waals surface area contributed by atoms with Gasteiger partial charge >= 0.3 is 0 Å². The molecule has 1 amide bonds. The van der Waals surface area contributed by atoms with Gasteiger partial charge in [0.1, 0.15) is 17.9 Å². The first-order chi connectivity index (χ1) is 15.8. The molecule has 1 aliphatic rings. The number of rotatable bonds is 7. The summed E-state index contributed by atoms with van der Waals surface area (Å²) >= 11 is 1.41. The van der Waals surface area contributed by atoms with Crippen LogP contribution in [0.3, 0.4) is 0 Å². The minimum Gasteiger partial charge on any atom is -0.483 e. The van der Waals surface area contributed by atoms with E-state index in [0.717, 1.165) is 42.5 Å². The molecule has 32 heavy (non-hydrogen) atoms. The van der Waals surface area contributed by atoms with Crippen LogP contribution in [0, 0.1) is 0 Å². The van der Waals surface area contributed by atoms with Crippen molar-refractivity contribution in [3.63, 3.8) is 0 Å². The second-order valence-electron chi connectivity index (χ2n) is 7.57. The van der Waals surface area contributed by atoms with Crippen LogP contribution < -0.4 is 4.74 Å². The molecule has 1 aliphatic heterocycles. The summed E-state index contributed by atoms with van der Waals surface area (Å²) in [5.74, 6) is 1.86. The number of ether oxygens (including phenoxy) is 1. The van der Waals surface area contributed by atoms with E-state index >= 15 is 0 Å². The van der Waals surface area contributed by atoms with Crippen LogP contribution in [0.5, 0.6) is 5.75 Å². The van der Waals surface area contributed by atoms with Gasteiger partial charge in [0.2, 0.25) is 5.91 Å². The number of hydrogen-bond acceptors (Lipinski definition) is 6. The van der Waals surface area contributed by atoms with Crippen molar-refractivity contribution < 1.29 is 9.53 Å².